The van der Waals surface area contributed by atoms with Crippen molar-refractivity contribution >= 4 is 5.91 Å². The average molecular weight is 339 g/mol. The zero-order chi connectivity index (χ0) is 17.2. The van der Waals surface area contributed by atoms with Crippen molar-refractivity contribution in [3.63, 3.8) is 0 Å². The Balaban J connectivity index is 1.48. The zero-order valence-electron chi connectivity index (χ0n) is 14.3. The number of methoxy groups -OCH3 is 1. The highest BCUT2D eigenvalue weighted by Crippen LogP contribution is 2.40. The molecule has 1 N–H and O–H groups in total. The standard InChI is InChI=1S/C20H21NO4/c1-23-15-4-2-3-13(11-15)5-8-21-20(22)18-16-7-10-24-17(16)12-14-6-9-25-19(14)18/h2-4,11-12H,5-10H2,1H3,(H,21,22). The Morgan fingerprint density at radius 1 is 1.20 bits per heavy atom. The molecule has 4 rings (SSSR count). The molecular formula is C20H21NO4. The molecule has 2 heterocycles. The first-order chi connectivity index (χ1) is 12.3. The van der Waals surface area contributed by atoms with Crippen LogP contribution in [-0.2, 0) is 19.3 Å². The van der Waals surface area contributed by atoms with E-state index in [9.17, 15) is 4.79 Å². The normalized spacial score (nSPS) is 14.3. The third kappa shape index (κ3) is 3.02. The van der Waals surface area contributed by atoms with Gasteiger partial charge in [-0.3, -0.25) is 4.79 Å². The topological polar surface area (TPSA) is 56.8 Å². The van der Waals surface area contributed by atoms with Crippen molar-refractivity contribution in [3.8, 4) is 17.2 Å². The Hall–Kier alpha value is -2.69. The van der Waals surface area contributed by atoms with Gasteiger partial charge in [0.25, 0.3) is 5.91 Å². The molecule has 0 fully saturated rings. The number of fused-ring (bicyclic) bond motifs is 2. The molecule has 2 aromatic carbocycles. The van der Waals surface area contributed by atoms with E-state index in [2.05, 4.69) is 5.32 Å². The van der Waals surface area contributed by atoms with Crippen molar-refractivity contribution in [2.45, 2.75) is 19.3 Å². The number of hydrogen-bond acceptors (Lipinski definition) is 4. The maximum atomic E-state index is 12.8. The quantitative estimate of drug-likeness (QED) is 0.909. The van der Waals surface area contributed by atoms with Crippen LogP contribution in [0.15, 0.2) is 30.3 Å². The Bertz CT molecular complexity index is 783. The van der Waals surface area contributed by atoms with Gasteiger partial charge in [0.1, 0.15) is 17.2 Å². The maximum absolute atomic E-state index is 12.8. The minimum absolute atomic E-state index is 0.0802. The smallest absolute Gasteiger partial charge is 0.255 e. The van der Waals surface area contributed by atoms with E-state index in [4.69, 9.17) is 14.2 Å². The monoisotopic (exact) mass is 339 g/mol. The summed E-state index contributed by atoms with van der Waals surface area (Å²) in [5.74, 6) is 2.32. The highest BCUT2D eigenvalue weighted by Gasteiger charge is 2.29. The van der Waals surface area contributed by atoms with Gasteiger partial charge in [-0.05, 0) is 30.2 Å². The van der Waals surface area contributed by atoms with Gasteiger partial charge in [0, 0.05) is 30.5 Å². The number of hydrogen-bond donors (Lipinski definition) is 1. The first-order valence-electron chi connectivity index (χ1n) is 8.62. The van der Waals surface area contributed by atoms with Crippen LogP contribution in [0.3, 0.4) is 0 Å². The molecule has 0 spiro atoms. The van der Waals surface area contributed by atoms with Crippen molar-refractivity contribution in [3.05, 3.63) is 52.6 Å². The second kappa shape index (κ2) is 6.67. The molecule has 2 aliphatic rings. The highest BCUT2D eigenvalue weighted by molar-refractivity contribution is 6.00. The SMILES string of the molecule is COc1cccc(CCNC(=O)c2c3c(cc4c2OCC4)OCC3)c1. The molecule has 25 heavy (non-hydrogen) atoms. The first-order valence-corrected chi connectivity index (χ1v) is 8.62. The lowest BCUT2D eigenvalue weighted by atomic mass is 9.99. The van der Waals surface area contributed by atoms with E-state index in [-0.39, 0.29) is 5.91 Å². The number of nitrogens with one attached hydrogen (secondary N) is 1. The Morgan fingerprint density at radius 3 is 2.96 bits per heavy atom. The van der Waals surface area contributed by atoms with Gasteiger partial charge in [-0.1, -0.05) is 12.1 Å². The average Bonchev–Trinajstić information content (AvgIpc) is 3.28. The van der Waals surface area contributed by atoms with Gasteiger partial charge in [-0.25, -0.2) is 0 Å². The van der Waals surface area contributed by atoms with Gasteiger partial charge in [0.05, 0.1) is 25.9 Å². The summed E-state index contributed by atoms with van der Waals surface area (Å²) in [4.78, 5) is 12.8. The molecule has 0 atom stereocenters. The van der Waals surface area contributed by atoms with E-state index >= 15 is 0 Å². The van der Waals surface area contributed by atoms with Crippen molar-refractivity contribution in [2.75, 3.05) is 26.9 Å². The number of amides is 1. The van der Waals surface area contributed by atoms with Crippen LogP contribution in [-0.4, -0.2) is 32.8 Å². The molecule has 0 unspecified atom stereocenters. The maximum Gasteiger partial charge on any atom is 0.255 e. The molecule has 0 saturated carbocycles. The summed E-state index contributed by atoms with van der Waals surface area (Å²) in [6, 6.07) is 9.91. The molecule has 5 nitrogen and oxygen atoms in total. The summed E-state index contributed by atoms with van der Waals surface area (Å²) < 4.78 is 16.6. The Morgan fingerprint density at radius 2 is 2.08 bits per heavy atom. The largest absolute Gasteiger partial charge is 0.497 e. The molecule has 130 valence electrons. The fourth-order valence-corrected chi connectivity index (χ4v) is 3.46. The molecule has 0 radical (unpaired) electrons. The minimum Gasteiger partial charge on any atom is -0.497 e. The molecule has 1 amide bonds. The second-order valence-corrected chi connectivity index (χ2v) is 6.27. The lowest BCUT2D eigenvalue weighted by Gasteiger charge is -2.13. The molecule has 2 aromatic rings. The van der Waals surface area contributed by atoms with Gasteiger partial charge in [-0.2, -0.15) is 0 Å². The van der Waals surface area contributed by atoms with Crippen LogP contribution in [0.1, 0.15) is 27.0 Å². The molecule has 5 heteroatoms. The summed E-state index contributed by atoms with van der Waals surface area (Å²) in [5, 5.41) is 3.03. The Kier molecular flexibility index (Phi) is 4.22. The highest BCUT2D eigenvalue weighted by atomic mass is 16.5. The summed E-state index contributed by atoms with van der Waals surface area (Å²) >= 11 is 0. The van der Waals surface area contributed by atoms with Gasteiger partial charge in [-0.15, -0.1) is 0 Å². The summed E-state index contributed by atoms with van der Waals surface area (Å²) in [5.41, 5.74) is 3.83. The van der Waals surface area contributed by atoms with Crippen LogP contribution in [0.2, 0.25) is 0 Å². The van der Waals surface area contributed by atoms with Gasteiger partial charge in [0.2, 0.25) is 0 Å². The van der Waals surface area contributed by atoms with E-state index in [1.165, 1.54) is 0 Å². The molecule has 0 bridgehead atoms. The third-order valence-corrected chi connectivity index (χ3v) is 4.71. The van der Waals surface area contributed by atoms with Crippen LogP contribution >= 0.6 is 0 Å². The Labute approximate surface area is 146 Å². The molecule has 0 aliphatic carbocycles. The van der Waals surface area contributed by atoms with Crippen LogP contribution in [0.4, 0.5) is 0 Å². The number of benzene rings is 2. The van der Waals surface area contributed by atoms with Crippen molar-refractivity contribution in [1.29, 1.82) is 0 Å². The minimum atomic E-state index is -0.0802. The van der Waals surface area contributed by atoms with Crippen LogP contribution in [0, 0.1) is 0 Å². The third-order valence-electron chi connectivity index (χ3n) is 4.71. The van der Waals surface area contributed by atoms with E-state index in [1.807, 2.05) is 30.3 Å². The number of carbonyl (C=O) groups is 1. The summed E-state index contributed by atoms with van der Waals surface area (Å²) in [6.07, 6.45) is 2.33. The lowest BCUT2D eigenvalue weighted by molar-refractivity contribution is 0.0950. The molecule has 0 saturated heterocycles. The van der Waals surface area contributed by atoms with E-state index < -0.39 is 0 Å². The van der Waals surface area contributed by atoms with Crippen molar-refractivity contribution in [1.82, 2.24) is 5.32 Å². The lowest BCUT2D eigenvalue weighted by Crippen LogP contribution is -2.27. The second-order valence-electron chi connectivity index (χ2n) is 6.27. The number of ether oxygens (including phenoxy) is 3. The first kappa shape index (κ1) is 15.8. The van der Waals surface area contributed by atoms with Crippen molar-refractivity contribution in [2.24, 2.45) is 0 Å². The summed E-state index contributed by atoms with van der Waals surface area (Å²) in [7, 11) is 1.65. The predicted molar refractivity (Wildman–Crippen MR) is 93.9 cm³/mol. The fraction of sp³-hybridized carbons (Fsp3) is 0.350. The van der Waals surface area contributed by atoms with Crippen LogP contribution in [0.25, 0.3) is 0 Å². The fourth-order valence-electron chi connectivity index (χ4n) is 3.46. The number of rotatable bonds is 5. The molecule has 0 aromatic heterocycles. The number of carbonyl (C=O) groups excluding carboxylic acids is 1. The van der Waals surface area contributed by atoms with E-state index in [0.717, 1.165) is 53.2 Å². The summed E-state index contributed by atoms with van der Waals surface area (Å²) in [6.45, 7) is 1.82. The van der Waals surface area contributed by atoms with Crippen LogP contribution in [0.5, 0.6) is 17.2 Å². The van der Waals surface area contributed by atoms with Crippen LogP contribution < -0.4 is 19.5 Å². The van der Waals surface area contributed by atoms with E-state index in [1.54, 1.807) is 7.11 Å². The molecular weight excluding hydrogens is 318 g/mol. The zero-order valence-corrected chi connectivity index (χ0v) is 14.3. The molecule has 2 aliphatic heterocycles. The predicted octanol–water partition coefficient (Wildman–Crippen LogP) is 2.54. The van der Waals surface area contributed by atoms with Crippen molar-refractivity contribution < 1.29 is 19.0 Å². The van der Waals surface area contributed by atoms with E-state index in [0.29, 0.717) is 25.3 Å². The van der Waals surface area contributed by atoms with Gasteiger partial charge < -0.3 is 19.5 Å². The van der Waals surface area contributed by atoms with Gasteiger partial charge in [0.15, 0.2) is 0 Å². The van der Waals surface area contributed by atoms with Gasteiger partial charge >= 0.3 is 0 Å².